The monoisotopic (exact) mass is 357 g/mol. The van der Waals surface area contributed by atoms with Crippen LogP contribution in [0.2, 0.25) is 0 Å². The van der Waals surface area contributed by atoms with Crippen LogP contribution >= 0.6 is 27.7 Å². The molecule has 0 unspecified atom stereocenters. The van der Waals surface area contributed by atoms with Gasteiger partial charge in [0.1, 0.15) is 12.1 Å². The molecule has 0 aliphatic carbocycles. The van der Waals surface area contributed by atoms with Crippen molar-refractivity contribution < 1.29 is 0 Å². The Labute approximate surface area is 136 Å². The molecule has 0 aliphatic heterocycles. The van der Waals surface area contributed by atoms with Crippen LogP contribution in [-0.2, 0) is 0 Å². The lowest BCUT2D eigenvalue weighted by atomic mass is 10.1. The number of hydrogen-bond acceptors (Lipinski definition) is 4. The number of nitrogens with zero attached hydrogens (tertiary/aromatic N) is 2. The maximum absolute atomic E-state index is 9.41. The highest BCUT2D eigenvalue weighted by atomic mass is 79.9. The highest BCUT2D eigenvalue weighted by molar-refractivity contribution is 9.10. The Morgan fingerprint density at radius 1 is 1.14 bits per heavy atom. The van der Waals surface area contributed by atoms with E-state index in [9.17, 15) is 10.5 Å². The first-order valence-electron chi connectivity index (χ1n) is 6.32. The van der Waals surface area contributed by atoms with Gasteiger partial charge in [-0.2, -0.15) is 10.5 Å². The third-order valence-corrected chi connectivity index (χ3v) is 4.24. The molecule has 0 bridgehead atoms. The van der Waals surface area contributed by atoms with Crippen LogP contribution in [0.15, 0.2) is 45.8 Å². The van der Waals surface area contributed by atoms with Gasteiger partial charge >= 0.3 is 0 Å². The van der Waals surface area contributed by atoms with Crippen molar-refractivity contribution in [2.75, 3.05) is 11.1 Å². The van der Waals surface area contributed by atoms with Gasteiger partial charge < -0.3 is 5.32 Å². The van der Waals surface area contributed by atoms with Gasteiger partial charge in [-0.3, -0.25) is 0 Å². The predicted molar refractivity (Wildman–Crippen MR) is 89.7 cm³/mol. The fourth-order valence-electron chi connectivity index (χ4n) is 1.89. The lowest BCUT2D eigenvalue weighted by Crippen LogP contribution is -1.97. The summed E-state index contributed by atoms with van der Waals surface area (Å²) in [5, 5.41) is 21.8. The summed E-state index contributed by atoms with van der Waals surface area (Å²) >= 11 is 5.02. The number of thioether (sulfide) groups is 1. The molecule has 0 saturated heterocycles. The largest absolute Gasteiger partial charge is 0.353 e. The molecule has 0 radical (unpaired) electrons. The summed E-state index contributed by atoms with van der Waals surface area (Å²) < 4.78 is 0.876. The summed E-state index contributed by atoms with van der Waals surface area (Å²) in [5.41, 5.74) is 2.54. The SMILES string of the molecule is CCSc1cccc(Nc2cc(Br)ccc2C#N)c1C#N. The van der Waals surface area contributed by atoms with Crippen LogP contribution in [0, 0.1) is 22.7 Å². The van der Waals surface area contributed by atoms with Crippen molar-refractivity contribution in [1.82, 2.24) is 0 Å². The van der Waals surface area contributed by atoms with Gasteiger partial charge in [-0.25, -0.2) is 0 Å². The van der Waals surface area contributed by atoms with Gasteiger partial charge in [0.15, 0.2) is 0 Å². The fraction of sp³-hybridized carbons (Fsp3) is 0.125. The molecule has 21 heavy (non-hydrogen) atoms. The van der Waals surface area contributed by atoms with E-state index in [0.29, 0.717) is 22.5 Å². The van der Waals surface area contributed by atoms with E-state index >= 15 is 0 Å². The highest BCUT2D eigenvalue weighted by Crippen LogP contribution is 2.31. The Morgan fingerprint density at radius 2 is 1.95 bits per heavy atom. The smallest absolute Gasteiger partial charge is 0.103 e. The lowest BCUT2D eigenvalue weighted by molar-refractivity contribution is 1.34. The summed E-state index contributed by atoms with van der Waals surface area (Å²) in [7, 11) is 0. The number of anilines is 2. The average Bonchev–Trinajstić information content (AvgIpc) is 2.48. The molecule has 1 N–H and O–H groups in total. The zero-order valence-corrected chi connectivity index (χ0v) is 13.8. The van der Waals surface area contributed by atoms with Crippen LogP contribution in [0.5, 0.6) is 0 Å². The maximum atomic E-state index is 9.41. The minimum Gasteiger partial charge on any atom is -0.353 e. The first-order valence-corrected chi connectivity index (χ1v) is 8.10. The topological polar surface area (TPSA) is 59.6 Å². The van der Waals surface area contributed by atoms with E-state index in [1.807, 2.05) is 37.3 Å². The standard InChI is InChI=1S/C16H12BrN3S/c1-2-21-16-5-3-4-14(13(16)10-19)20-15-8-12(17)7-6-11(15)9-18/h3-8,20H,2H2,1H3. The van der Waals surface area contributed by atoms with Gasteiger partial charge in [-0.05, 0) is 36.1 Å². The third kappa shape index (κ3) is 3.58. The molecule has 0 heterocycles. The van der Waals surface area contributed by atoms with Crippen LogP contribution in [0.1, 0.15) is 18.1 Å². The zero-order chi connectivity index (χ0) is 15.2. The quantitative estimate of drug-likeness (QED) is 0.777. The van der Waals surface area contributed by atoms with E-state index in [-0.39, 0.29) is 0 Å². The molecule has 0 saturated carbocycles. The van der Waals surface area contributed by atoms with E-state index < -0.39 is 0 Å². The second kappa shape index (κ2) is 7.17. The number of halogens is 1. The van der Waals surface area contributed by atoms with Gasteiger partial charge in [0.25, 0.3) is 0 Å². The Hall–Kier alpha value is -1.95. The summed E-state index contributed by atoms with van der Waals surface area (Å²) in [6.07, 6.45) is 0. The molecule has 2 rings (SSSR count). The molecule has 104 valence electrons. The molecule has 5 heteroatoms. The molecule has 0 fully saturated rings. The number of hydrogen-bond donors (Lipinski definition) is 1. The number of rotatable bonds is 4. The molecular weight excluding hydrogens is 346 g/mol. The van der Waals surface area contributed by atoms with E-state index in [0.717, 1.165) is 15.1 Å². The lowest BCUT2D eigenvalue weighted by Gasteiger charge is -2.12. The Balaban J connectivity index is 2.46. The summed E-state index contributed by atoms with van der Waals surface area (Å²) in [4.78, 5) is 0.943. The maximum Gasteiger partial charge on any atom is 0.103 e. The van der Waals surface area contributed by atoms with Crippen molar-refractivity contribution in [2.45, 2.75) is 11.8 Å². The van der Waals surface area contributed by atoms with Gasteiger partial charge in [0.05, 0.1) is 22.5 Å². The normalized spacial score (nSPS) is 9.71. The van der Waals surface area contributed by atoms with Crippen molar-refractivity contribution in [3.05, 3.63) is 52.0 Å². The number of benzene rings is 2. The molecule has 0 atom stereocenters. The zero-order valence-electron chi connectivity index (χ0n) is 11.4. The molecule has 0 spiro atoms. The molecule has 2 aromatic carbocycles. The van der Waals surface area contributed by atoms with Crippen LogP contribution in [0.4, 0.5) is 11.4 Å². The minimum atomic E-state index is 0.538. The third-order valence-electron chi connectivity index (χ3n) is 2.81. The molecule has 2 aromatic rings. The first-order chi connectivity index (χ1) is 10.2. The second-order valence-corrected chi connectivity index (χ2v) is 6.37. The van der Waals surface area contributed by atoms with E-state index in [4.69, 9.17) is 0 Å². The van der Waals surface area contributed by atoms with Crippen LogP contribution in [0.3, 0.4) is 0 Å². The van der Waals surface area contributed by atoms with Gasteiger partial charge in [-0.15, -0.1) is 11.8 Å². The van der Waals surface area contributed by atoms with Gasteiger partial charge in [-0.1, -0.05) is 28.9 Å². The molecular formula is C16H12BrN3S. The first kappa shape index (κ1) is 15.4. The van der Waals surface area contributed by atoms with Crippen molar-refractivity contribution in [2.24, 2.45) is 0 Å². The predicted octanol–water partition coefficient (Wildman–Crippen LogP) is 5.05. The van der Waals surface area contributed by atoms with Crippen LogP contribution in [-0.4, -0.2) is 5.75 Å². The number of nitrogens with one attached hydrogen (secondary N) is 1. The molecule has 0 amide bonds. The van der Waals surface area contributed by atoms with Gasteiger partial charge in [0, 0.05) is 9.37 Å². The van der Waals surface area contributed by atoms with Crippen LogP contribution in [0.25, 0.3) is 0 Å². The summed E-state index contributed by atoms with van der Waals surface area (Å²) in [6.45, 7) is 2.05. The number of nitriles is 2. The molecule has 3 nitrogen and oxygen atoms in total. The second-order valence-electron chi connectivity index (χ2n) is 4.15. The summed E-state index contributed by atoms with van der Waals surface area (Å²) in [6, 6.07) is 15.5. The Bertz CT molecular complexity index is 744. The molecule has 0 aromatic heterocycles. The van der Waals surface area contributed by atoms with E-state index in [1.54, 1.807) is 17.8 Å². The van der Waals surface area contributed by atoms with Crippen molar-refractivity contribution in [3.8, 4) is 12.1 Å². The van der Waals surface area contributed by atoms with E-state index in [2.05, 4.69) is 33.4 Å². The van der Waals surface area contributed by atoms with Crippen molar-refractivity contribution in [1.29, 1.82) is 10.5 Å². The van der Waals surface area contributed by atoms with E-state index in [1.165, 1.54) is 0 Å². The van der Waals surface area contributed by atoms with Crippen LogP contribution < -0.4 is 5.32 Å². The Kier molecular flexibility index (Phi) is 5.27. The Morgan fingerprint density at radius 3 is 2.62 bits per heavy atom. The fourth-order valence-corrected chi connectivity index (χ4v) is 3.04. The highest BCUT2D eigenvalue weighted by Gasteiger charge is 2.10. The minimum absolute atomic E-state index is 0.538. The van der Waals surface area contributed by atoms with Crippen molar-refractivity contribution >= 4 is 39.1 Å². The van der Waals surface area contributed by atoms with Gasteiger partial charge in [0.2, 0.25) is 0 Å². The molecule has 0 aliphatic rings. The summed E-state index contributed by atoms with van der Waals surface area (Å²) in [5.74, 6) is 0.901. The average molecular weight is 358 g/mol. The van der Waals surface area contributed by atoms with Crippen molar-refractivity contribution in [3.63, 3.8) is 0 Å².